The Labute approximate surface area is 60.4 Å². The van der Waals surface area contributed by atoms with Crippen LogP contribution in [0.2, 0.25) is 0 Å². The van der Waals surface area contributed by atoms with Gasteiger partial charge in [-0.25, -0.2) is 0 Å². The Morgan fingerprint density at radius 2 is 1.70 bits per heavy atom. The van der Waals surface area contributed by atoms with Crippen LogP contribution < -0.4 is 0 Å². The van der Waals surface area contributed by atoms with Crippen molar-refractivity contribution in [3.63, 3.8) is 0 Å². The van der Waals surface area contributed by atoms with E-state index < -0.39 is 11.9 Å². The van der Waals surface area contributed by atoms with Gasteiger partial charge in [0.05, 0.1) is 12.8 Å². The van der Waals surface area contributed by atoms with Crippen molar-refractivity contribution in [1.82, 2.24) is 0 Å². The van der Waals surface area contributed by atoms with Crippen LogP contribution in [-0.2, 0) is 14.3 Å². The predicted octanol–water partition coefficient (Wildman–Crippen LogP) is 1.08. The molecular formula is C7H11O3. The highest BCUT2D eigenvalue weighted by molar-refractivity contribution is 5.92. The molecule has 0 aromatic carbocycles. The van der Waals surface area contributed by atoms with E-state index in [-0.39, 0.29) is 12.8 Å². The van der Waals surface area contributed by atoms with Crippen molar-refractivity contribution in [2.45, 2.75) is 26.2 Å². The van der Waals surface area contributed by atoms with Gasteiger partial charge in [0.25, 0.3) is 0 Å². The molecule has 1 rings (SSSR count). The number of ether oxygens (including phenoxy) is 1. The lowest BCUT2D eigenvalue weighted by Gasteiger charge is -1.79. The smallest absolute Gasteiger partial charge is 0.314 e. The second-order valence-corrected chi connectivity index (χ2v) is 1.85. The molecule has 1 aliphatic rings. The Hall–Kier alpha value is -0.860. The third-order valence-electron chi connectivity index (χ3n) is 0.761. The van der Waals surface area contributed by atoms with Crippen LogP contribution >= 0.6 is 0 Å². The molecule has 0 unspecified atom stereocenters. The summed E-state index contributed by atoms with van der Waals surface area (Å²) in [5.74, 6) is -0.796. The Kier molecular flexibility index (Phi) is 4.54. The zero-order valence-corrected chi connectivity index (χ0v) is 6.05. The van der Waals surface area contributed by atoms with Gasteiger partial charge in [-0.3, -0.25) is 9.59 Å². The third-order valence-corrected chi connectivity index (χ3v) is 0.761. The predicted molar refractivity (Wildman–Crippen MR) is 36.0 cm³/mol. The summed E-state index contributed by atoms with van der Waals surface area (Å²) in [6.45, 7) is 5.50. The van der Waals surface area contributed by atoms with Gasteiger partial charge in [0.15, 0.2) is 0 Å². The number of hydrogen-bond acceptors (Lipinski definition) is 3. The molecule has 1 saturated heterocycles. The van der Waals surface area contributed by atoms with Crippen LogP contribution in [0, 0.1) is 6.92 Å². The summed E-state index contributed by atoms with van der Waals surface area (Å²) in [4.78, 5) is 20.0. The normalized spacial score (nSPS) is 15.8. The number of hydrogen-bond donors (Lipinski definition) is 0. The summed E-state index contributed by atoms with van der Waals surface area (Å²) in [7, 11) is 0. The van der Waals surface area contributed by atoms with Crippen molar-refractivity contribution in [3.05, 3.63) is 6.92 Å². The van der Waals surface area contributed by atoms with Gasteiger partial charge in [0.2, 0.25) is 0 Å². The van der Waals surface area contributed by atoms with Gasteiger partial charge in [-0.1, -0.05) is 20.3 Å². The van der Waals surface area contributed by atoms with Crippen LogP contribution in [0.4, 0.5) is 0 Å². The first-order valence-corrected chi connectivity index (χ1v) is 3.23. The fourth-order valence-corrected chi connectivity index (χ4v) is 0.433. The van der Waals surface area contributed by atoms with E-state index in [2.05, 4.69) is 11.7 Å². The highest BCUT2D eigenvalue weighted by Crippen LogP contribution is 2.03. The molecule has 1 fully saturated rings. The fraction of sp³-hybridized carbons (Fsp3) is 0.571. The molecule has 10 heavy (non-hydrogen) atoms. The van der Waals surface area contributed by atoms with Crippen molar-refractivity contribution in [2.24, 2.45) is 0 Å². The van der Waals surface area contributed by atoms with Gasteiger partial charge in [0, 0.05) is 0 Å². The van der Waals surface area contributed by atoms with Crippen molar-refractivity contribution in [1.29, 1.82) is 0 Å². The Morgan fingerprint density at radius 3 is 1.80 bits per heavy atom. The lowest BCUT2D eigenvalue weighted by atomic mass is 10.4. The molecule has 57 valence electrons. The van der Waals surface area contributed by atoms with E-state index in [1.807, 2.05) is 6.92 Å². The minimum absolute atomic E-state index is 0.263. The van der Waals surface area contributed by atoms with E-state index in [4.69, 9.17) is 0 Å². The summed E-state index contributed by atoms with van der Waals surface area (Å²) >= 11 is 0. The third kappa shape index (κ3) is 4.06. The summed E-state index contributed by atoms with van der Waals surface area (Å²) in [5, 5.41) is 0. The number of carbonyl (C=O) groups is 2. The second kappa shape index (κ2) is 4.97. The highest BCUT2D eigenvalue weighted by atomic mass is 16.6. The van der Waals surface area contributed by atoms with E-state index >= 15 is 0 Å². The van der Waals surface area contributed by atoms with Crippen molar-refractivity contribution < 1.29 is 14.3 Å². The van der Waals surface area contributed by atoms with Crippen LogP contribution in [0.1, 0.15) is 26.2 Å². The Morgan fingerprint density at radius 1 is 1.40 bits per heavy atom. The number of esters is 2. The van der Waals surface area contributed by atoms with Gasteiger partial charge >= 0.3 is 11.9 Å². The zero-order chi connectivity index (χ0) is 7.98. The summed E-state index contributed by atoms with van der Waals surface area (Å²) in [5.41, 5.74) is 0. The maximum Gasteiger partial charge on any atom is 0.314 e. The van der Waals surface area contributed by atoms with Crippen molar-refractivity contribution in [3.8, 4) is 0 Å². The molecular weight excluding hydrogens is 132 g/mol. The lowest BCUT2D eigenvalue weighted by molar-refractivity contribution is -0.151. The maximum atomic E-state index is 10.0. The maximum absolute atomic E-state index is 10.0. The first-order valence-electron chi connectivity index (χ1n) is 3.23. The molecule has 0 aromatic heterocycles. The molecule has 3 nitrogen and oxygen atoms in total. The minimum Gasteiger partial charge on any atom is -0.393 e. The van der Waals surface area contributed by atoms with E-state index in [0.717, 1.165) is 6.42 Å². The van der Waals surface area contributed by atoms with Gasteiger partial charge in [-0.15, -0.1) is 0 Å². The van der Waals surface area contributed by atoms with E-state index in [9.17, 15) is 9.59 Å². The zero-order valence-electron chi connectivity index (χ0n) is 6.05. The molecule has 1 radical (unpaired) electrons. The molecule has 0 aromatic rings. The van der Waals surface area contributed by atoms with Crippen molar-refractivity contribution >= 4 is 11.9 Å². The van der Waals surface area contributed by atoms with Crippen LogP contribution in [-0.4, -0.2) is 11.9 Å². The standard InChI is InChI=1S/C4H4O3.C3H7/c5-3-1-2-4(6)7-3;1-3-2/h1-2H2;1,3H2,2H3. The number of rotatable bonds is 0. The largest absolute Gasteiger partial charge is 0.393 e. The van der Waals surface area contributed by atoms with Crippen LogP contribution in [0.25, 0.3) is 0 Å². The molecule has 0 bridgehead atoms. The molecule has 0 spiro atoms. The van der Waals surface area contributed by atoms with Crippen molar-refractivity contribution in [2.75, 3.05) is 0 Å². The molecule has 1 heterocycles. The van der Waals surface area contributed by atoms with Crippen LogP contribution in [0.5, 0.6) is 0 Å². The van der Waals surface area contributed by atoms with E-state index in [1.165, 1.54) is 0 Å². The number of cyclic esters (lactones) is 2. The first kappa shape index (κ1) is 9.14. The molecule has 3 heteroatoms. The number of carbonyl (C=O) groups excluding carboxylic acids is 2. The quantitative estimate of drug-likeness (QED) is 0.376. The summed E-state index contributed by atoms with van der Waals surface area (Å²) in [6.07, 6.45) is 1.53. The molecule has 0 atom stereocenters. The van der Waals surface area contributed by atoms with Gasteiger partial charge < -0.3 is 4.74 Å². The Balaban J connectivity index is 0.000000236. The lowest BCUT2D eigenvalue weighted by Crippen LogP contribution is -1.94. The topological polar surface area (TPSA) is 43.4 Å². The SMILES string of the molecule is O=C1CCC(=O)O1.[CH2]CC. The van der Waals surface area contributed by atoms with E-state index in [1.54, 1.807) is 0 Å². The van der Waals surface area contributed by atoms with Gasteiger partial charge in [0.1, 0.15) is 0 Å². The Bertz CT molecular complexity index is 115. The van der Waals surface area contributed by atoms with Crippen LogP contribution in [0.3, 0.4) is 0 Å². The first-order chi connectivity index (χ1) is 4.70. The molecule has 0 aliphatic carbocycles. The fourth-order valence-electron chi connectivity index (χ4n) is 0.433. The average Bonchev–Trinajstić information content (AvgIpc) is 2.17. The molecule has 1 aliphatic heterocycles. The van der Waals surface area contributed by atoms with Crippen LogP contribution in [0.15, 0.2) is 0 Å². The average molecular weight is 143 g/mol. The molecule has 0 saturated carbocycles. The van der Waals surface area contributed by atoms with Gasteiger partial charge in [-0.05, 0) is 0 Å². The van der Waals surface area contributed by atoms with Gasteiger partial charge in [-0.2, -0.15) is 0 Å². The summed E-state index contributed by atoms with van der Waals surface area (Å²) in [6, 6.07) is 0. The molecule has 0 N–H and O–H groups in total. The minimum atomic E-state index is -0.398. The summed E-state index contributed by atoms with van der Waals surface area (Å²) < 4.78 is 4.08. The molecule has 0 amide bonds. The monoisotopic (exact) mass is 143 g/mol. The van der Waals surface area contributed by atoms with E-state index in [0.29, 0.717) is 0 Å². The second-order valence-electron chi connectivity index (χ2n) is 1.85. The highest BCUT2D eigenvalue weighted by Gasteiger charge is 2.19.